The van der Waals surface area contributed by atoms with Gasteiger partial charge in [0.15, 0.2) is 0 Å². The molecule has 0 atom stereocenters. The predicted octanol–water partition coefficient (Wildman–Crippen LogP) is -0.475. The summed E-state index contributed by atoms with van der Waals surface area (Å²) in [5.74, 6) is 0. The number of aliphatic hydroxyl groups is 1. The molecule has 0 aromatic heterocycles. The van der Waals surface area contributed by atoms with Crippen molar-refractivity contribution in [2.45, 2.75) is 0 Å². The fraction of sp³-hybridized carbons (Fsp3) is 0.667. The van der Waals surface area contributed by atoms with Crippen LogP contribution in [-0.4, -0.2) is 23.7 Å². The maximum Gasteiger partial charge on any atom is 0.101 e. The van der Waals surface area contributed by atoms with E-state index < -0.39 is 0 Å². The number of hydrogen-bond acceptors (Lipinski definition) is 2. The molecule has 0 fully saturated rings. The van der Waals surface area contributed by atoms with Gasteiger partial charge in [0.05, 0.1) is 6.61 Å². The zero-order valence-electron chi connectivity index (χ0n) is 3.56. The van der Waals surface area contributed by atoms with Crippen LogP contribution in [0.4, 0.5) is 0 Å². The van der Waals surface area contributed by atoms with E-state index in [1.807, 2.05) is 0 Å². The van der Waals surface area contributed by atoms with Crippen LogP contribution in [0.3, 0.4) is 0 Å². The van der Waals surface area contributed by atoms with Crippen molar-refractivity contribution >= 4 is 17.2 Å². The molecule has 0 aliphatic heterocycles. The molecule has 0 aromatic carbocycles. The molecular weight excluding hydrogens is 98.1 g/mol. The van der Waals surface area contributed by atoms with Crippen molar-refractivity contribution in [1.82, 2.24) is 5.32 Å². The summed E-state index contributed by atoms with van der Waals surface area (Å²) in [7, 11) is 1.68. The molecule has 0 spiro atoms. The summed E-state index contributed by atoms with van der Waals surface area (Å²) >= 11 is 4.50. The first-order valence-corrected chi connectivity index (χ1v) is 2.03. The molecule has 6 heavy (non-hydrogen) atoms. The van der Waals surface area contributed by atoms with Crippen LogP contribution in [-0.2, 0) is 0 Å². The minimum Gasteiger partial charge on any atom is -0.389 e. The second-order valence-electron chi connectivity index (χ2n) is 0.831. The molecule has 36 valence electrons. The van der Waals surface area contributed by atoms with Gasteiger partial charge >= 0.3 is 0 Å². The summed E-state index contributed by atoms with van der Waals surface area (Å²) in [5.41, 5.74) is 0. The van der Waals surface area contributed by atoms with Crippen LogP contribution < -0.4 is 5.32 Å². The molecule has 2 nitrogen and oxygen atoms in total. The lowest BCUT2D eigenvalue weighted by Crippen LogP contribution is -2.18. The Hall–Kier alpha value is -0.150. The Labute approximate surface area is 42.2 Å². The first kappa shape index (κ1) is 5.85. The van der Waals surface area contributed by atoms with E-state index in [9.17, 15) is 0 Å². The summed E-state index contributed by atoms with van der Waals surface area (Å²) in [4.78, 5) is 0.481. The van der Waals surface area contributed by atoms with E-state index in [-0.39, 0.29) is 6.61 Å². The summed E-state index contributed by atoms with van der Waals surface area (Å²) in [5, 5.41) is 10.7. The second-order valence-corrected chi connectivity index (χ2v) is 1.32. The highest BCUT2D eigenvalue weighted by atomic mass is 32.1. The van der Waals surface area contributed by atoms with E-state index in [1.165, 1.54) is 0 Å². The van der Waals surface area contributed by atoms with Crippen molar-refractivity contribution in [1.29, 1.82) is 0 Å². The zero-order chi connectivity index (χ0) is 4.99. The Bertz CT molecular complexity index is 48.8. The van der Waals surface area contributed by atoms with Gasteiger partial charge in [0.1, 0.15) is 4.99 Å². The van der Waals surface area contributed by atoms with Crippen molar-refractivity contribution in [3.63, 3.8) is 0 Å². The number of thiocarbonyl (C=S) groups is 1. The molecule has 2 N–H and O–H groups in total. The number of hydrogen-bond donors (Lipinski definition) is 2. The predicted molar refractivity (Wildman–Crippen MR) is 28.7 cm³/mol. The summed E-state index contributed by atoms with van der Waals surface area (Å²) in [6.07, 6.45) is 0. The van der Waals surface area contributed by atoms with Crippen LogP contribution >= 0.6 is 12.2 Å². The molecule has 0 rings (SSSR count). The van der Waals surface area contributed by atoms with Crippen molar-refractivity contribution < 1.29 is 5.11 Å². The Kier molecular flexibility index (Phi) is 2.98. The van der Waals surface area contributed by atoms with Crippen LogP contribution in [0.5, 0.6) is 0 Å². The monoisotopic (exact) mass is 105 g/mol. The van der Waals surface area contributed by atoms with Crippen LogP contribution in [0.2, 0.25) is 0 Å². The number of rotatable bonds is 1. The van der Waals surface area contributed by atoms with E-state index in [4.69, 9.17) is 5.11 Å². The SMILES string of the molecule is CNC(=S)CO. The van der Waals surface area contributed by atoms with Gasteiger partial charge in [-0.05, 0) is 0 Å². The summed E-state index contributed by atoms with van der Waals surface area (Å²) < 4.78 is 0. The summed E-state index contributed by atoms with van der Waals surface area (Å²) in [6, 6.07) is 0. The lowest BCUT2D eigenvalue weighted by atomic mass is 10.7. The quantitative estimate of drug-likeness (QED) is 0.442. The van der Waals surface area contributed by atoms with Gasteiger partial charge in [-0.3, -0.25) is 0 Å². The minimum atomic E-state index is -0.0498. The molecule has 0 radical (unpaired) electrons. The van der Waals surface area contributed by atoms with Gasteiger partial charge in [0.2, 0.25) is 0 Å². The van der Waals surface area contributed by atoms with Crippen molar-refractivity contribution in [2.24, 2.45) is 0 Å². The molecule has 0 bridgehead atoms. The van der Waals surface area contributed by atoms with E-state index in [1.54, 1.807) is 7.05 Å². The number of aliphatic hydroxyl groups excluding tert-OH is 1. The van der Waals surface area contributed by atoms with Crippen LogP contribution in [0, 0.1) is 0 Å². The van der Waals surface area contributed by atoms with Crippen LogP contribution in [0.25, 0.3) is 0 Å². The van der Waals surface area contributed by atoms with Crippen LogP contribution in [0.15, 0.2) is 0 Å². The van der Waals surface area contributed by atoms with E-state index >= 15 is 0 Å². The lowest BCUT2D eigenvalue weighted by molar-refractivity contribution is 0.356. The van der Waals surface area contributed by atoms with Gasteiger partial charge in [0.25, 0.3) is 0 Å². The normalized spacial score (nSPS) is 7.67. The van der Waals surface area contributed by atoms with E-state index in [0.29, 0.717) is 4.99 Å². The Morgan fingerprint density at radius 1 is 2.00 bits per heavy atom. The third kappa shape index (κ3) is 2.11. The average Bonchev–Trinajstić information content (AvgIpc) is 1.65. The van der Waals surface area contributed by atoms with Gasteiger partial charge < -0.3 is 10.4 Å². The Balaban J connectivity index is 2.99. The second kappa shape index (κ2) is 3.06. The molecule has 0 heterocycles. The fourth-order valence-electron chi connectivity index (χ4n) is 0.0791. The largest absolute Gasteiger partial charge is 0.389 e. The van der Waals surface area contributed by atoms with Gasteiger partial charge in [-0.15, -0.1) is 0 Å². The minimum absolute atomic E-state index is 0.0498. The maximum atomic E-state index is 8.13. The molecule has 0 saturated heterocycles. The molecule has 0 aliphatic rings. The van der Waals surface area contributed by atoms with E-state index in [2.05, 4.69) is 17.5 Å². The first-order chi connectivity index (χ1) is 2.81. The third-order valence-corrected chi connectivity index (χ3v) is 0.756. The van der Waals surface area contributed by atoms with E-state index in [0.717, 1.165) is 0 Å². The molecule has 0 aliphatic carbocycles. The Morgan fingerprint density at radius 3 is 2.50 bits per heavy atom. The number of likely N-dealkylation sites (N-methyl/N-ethyl adjacent to an activating group) is 1. The highest BCUT2D eigenvalue weighted by Gasteiger charge is 1.80. The van der Waals surface area contributed by atoms with Gasteiger partial charge in [-0.1, -0.05) is 12.2 Å². The van der Waals surface area contributed by atoms with Gasteiger partial charge in [-0.25, -0.2) is 0 Å². The molecule has 0 amide bonds. The first-order valence-electron chi connectivity index (χ1n) is 1.62. The Morgan fingerprint density at radius 2 is 2.50 bits per heavy atom. The van der Waals surface area contributed by atoms with Gasteiger partial charge in [-0.2, -0.15) is 0 Å². The van der Waals surface area contributed by atoms with Crippen molar-refractivity contribution in [3.8, 4) is 0 Å². The average molecular weight is 105 g/mol. The molecule has 0 aromatic rings. The smallest absolute Gasteiger partial charge is 0.101 e. The highest BCUT2D eigenvalue weighted by molar-refractivity contribution is 7.80. The molecule has 0 unspecified atom stereocenters. The molecule has 0 saturated carbocycles. The zero-order valence-corrected chi connectivity index (χ0v) is 4.38. The van der Waals surface area contributed by atoms with Crippen molar-refractivity contribution in [3.05, 3.63) is 0 Å². The third-order valence-electron chi connectivity index (χ3n) is 0.422. The fourth-order valence-corrected chi connectivity index (χ4v) is 0.0791. The maximum absolute atomic E-state index is 8.13. The molecule has 3 heteroatoms. The molecular formula is C3H7NOS. The van der Waals surface area contributed by atoms with Gasteiger partial charge in [0, 0.05) is 7.05 Å². The van der Waals surface area contributed by atoms with Crippen LogP contribution in [0.1, 0.15) is 0 Å². The van der Waals surface area contributed by atoms with Crippen molar-refractivity contribution in [2.75, 3.05) is 13.7 Å². The number of nitrogens with one attached hydrogen (secondary N) is 1. The lowest BCUT2D eigenvalue weighted by Gasteiger charge is -1.91. The standard InChI is InChI=1S/C3H7NOS/c1-4-3(6)2-5/h5H,2H2,1H3,(H,4,6). The highest BCUT2D eigenvalue weighted by Crippen LogP contribution is 1.60. The topological polar surface area (TPSA) is 32.3 Å². The summed E-state index contributed by atoms with van der Waals surface area (Å²) in [6.45, 7) is -0.0498.